The van der Waals surface area contributed by atoms with Crippen molar-refractivity contribution < 1.29 is 23.1 Å². The molecule has 7 nitrogen and oxygen atoms in total. The molecule has 1 atom stereocenters. The van der Waals surface area contributed by atoms with Crippen molar-refractivity contribution in [3.63, 3.8) is 0 Å². The van der Waals surface area contributed by atoms with E-state index in [1.807, 2.05) is 24.6 Å². The lowest BCUT2D eigenvalue weighted by atomic mass is 10.1. The molecule has 2 heterocycles. The molecule has 9 heteroatoms. The van der Waals surface area contributed by atoms with Crippen molar-refractivity contribution in [2.24, 2.45) is 0 Å². The van der Waals surface area contributed by atoms with Gasteiger partial charge in [-0.25, -0.2) is 0 Å². The maximum Gasteiger partial charge on any atom is 0.387 e. The first-order valence-corrected chi connectivity index (χ1v) is 10.0. The van der Waals surface area contributed by atoms with Gasteiger partial charge in [0.1, 0.15) is 11.8 Å². The summed E-state index contributed by atoms with van der Waals surface area (Å²) in [5.74, 6) is -0.901. The highest BCUT2D eigenvalue weighted by atomic mass is 19.3. The number of carbonyl (C=O) groups excluding carboxylic acids is 2. The molecule has 1 saturated heterocycles. The van der Waals surface area contributed by atoms with Gasteiger partial charge in [0.25, 0.3) is 5.91 Å². The third-order valence-corrected chi connectivity index (χ3v) is 5.10. The fourth-order valence-electron chi connectivity index (χ4n) is 3.74. The van der Waals surface area contributed by atoms with Gasteiger partial charge >= 0.3 is 6.61 Å². The Morgan fingerprint density at radius 2 is 2.07 bits per heavy atom. The molecule has 0 aliphatic carbocycles. The summed E-state index contributed by atoms with van der Waals surface area (Å²) < 4.78 is 31.7. The van der Waals surface area contributed by atoms with Gasteiger partial charge < -0.3 is 15.0 Å². The minimum absolute atomic E-state index is 0.0297. The lowest BCUT2D eigenvalue weighted by molar-refractivity contribution is -0.124. The highest BCUT2D eigenvalue weighted by Crippen LogP contribution is 2.26. The second-order valence-electron chi connectivity index (χ2n) is 7.33. The van der Waals surface area contributed by atoms with Crippen molar-refractivity contribution in [3.05, 3.63) is 47.3 Å². The predicted molar refractivity (Wildman–Crippen MR) is 106 cm³/mol. The lowest BCUT2D eigenvalue weighted by Gasteiger charge is -2.25. The molecule has 1 fully saturated rings. The van der Waals surface area contributed by atoms with Crippen molar-refractivity contribution in [2.75, 3.05) is 13.1 Å². The molecule has 1 aromatic heterocycles. The van der Waals surface area contributed by atoms with Crippen LogP contribution in [0.3, 0.4) is 0 Å². The van der Waals surface area contributed by atoms with Gasteiger partial charge in [0, 0.05) is 25.3 Å². The SMILES string of the molecule is Cc1cc(C)n(CCCNC(=O)C2CCCN2C(=O)c2ccccc2OC(F)F)n1. The zero-order valence-electron chi connectivity index (χ0n) is 17.1. The largest absolute Gasteiger partial charge is 0.434 e. The predicted octanol–water partition coefficient (Wildman–Crippen LogP) is 2.91. The summed E-state index contributed by atoms with van der Waals surface area (Å²) in [6.45, 7) is 2.43. The van der Waals surface area contributed by atoms with E-state index in [1.165, 1.54) is 23.1 Å². The Labute approximate surface area is 174 Å². The summed E-state index contributed by atoms with van der Waals surface area (Å²) in [5.41, 5.74) is 2.05. The lowest BCUT2D eigenvalue weighted by Crippen LogP contribution is -2.46. The standard InChI is InChI=1S/C21H26F2N4O3/c1-14-13-15(2)27(25-14)12-6-10-24-19(28)17-8-5-11-26(17)20(29)16-7-3-4-9-18(16)30-21(22)23/h3-4,7,9,13,17,21H,5-6,8,10-12H2,1-2H3,(H,24,28). The molecule has 1 N–H and O–H groups in total. The number of carbonyl (C=O) groups is 2. The Hall–Kier alpha value is -2.97. The number of halogens is 2. The molecular weight excluding hydrogens is 394 g/mol. The number of hydrogen-bond acceptors (Lipinski definition) is 4. The Morgan fingerprint density at radius 1 is 1.30 bits per heavy atom. The molecule has 162 valence electrons. The molecule has 2 amide bonds. The van der Waals surface area contributed by atoms with Crippen LogP contribution in [0.5, 0.6) is 5.75 Å². The van der Waals surface area contributed by atoms with E-state index in [1.54, 1.807) is 6.07 Å². The first-order chi connectivity index (χ1) is 14.4. The van der Waals surface area contributed by atoms with Crippen LogP contribution in [0, 0.1) is 13.8 Å². The number of nitrogens with zero attached hydrogens (tertiary/aromatic N) is 3. The van der Waals surface area contributed by atoms with Crippen LogP contribution in [0.1, 0.15) is 41.0 Å². The van der Waals surface area contributed by atoms with Crippen molar-refractivity contribution in [2.45, 2.75) is 52.3 Å². The van der Waals surface area contributed by atoms with Gasteiger partial charge in [-0.3, -0.25) is 14.3 Å². The Balaban J connectivity index is 1.58. The zero-order valence-corrected chi connectivity index (χ0v) is 17.1. The molecule has 0 saturated carbocycles. The molecule has 0 radical (unpaired) electrons. The molecule has 2 aromatic rings. The molecule has 3 rings (SSSR count). The third kappa shape index (κ3) is 5.14. The van der Waals surface area contributed by atoms with Crippen LogP contribution in [-0.4, -0.2) is 52.2 Å². The van der Waals surface area contributed by atoms with Crippen molar-refractivity contribution in [1.82, 2.24) is 20.0 Å². The van der Waals surface area contributed by atoms with Crippen LogP contribution in [0.2, 0.25) is 0 Å². The molecule has 1 unspecified atom stereocenters. The van der Waals surface area contributed by atoms with E-state index >= 15 is 0 Å². The van der Waals surface area contributed by atoms with Crippen molar-refractivity contribution in [1.29, 1.82) is 0 Å². The summed E-state index contributed by atoms with van der Waals surface area (Å²) in [6, 6.07) is 7.23. The van der Waals surface area contributed by atoms with Gasteiger partial charge in [0.05, 0.1) is 11.3 Å². The maximum absolute atomic E-state index is 12.9. The molecule has 1 aliphatic rings. The number of rotatable bonds is 8. The van der Waals surface area contributed by atoms with E-state index in [9.17, 15) is 18.4 Å². The molecule has 0 spiro atoms. The van der Waals surface area contributed by atoms with Crippen LogP contribution in [0.25, 0.3) is 0 Å². The van der Waals surface area contributed by atoms with Crippen LogP contribution in [0.4, 0.5) is 8.78 Å². The summed E-state index contributed by atoms with van der Waals surface area (Å²) in [6.07, 6.45) is 1.92. The van der Waals surface area contributed by atoms with E-state index in [2.05, 4.69) is 15.2 Å². The number of benzene rings is 1. The summed E-state index contributed by atoms with van der Waals surface area (Å²) in [5, 5.41) is 7.27. The van der Waals surface area contributed by atoms with Gasteiger partial charge in [-0.1, -0.05) is 12.1 Å². The minimum Gasteiger partial charge on any atom is -0.434 e. The molecule has 1 aliphatic heterocycles. The number of alkyl halides is 2. The van der Waals surface area contributed by atoms with E-state index in [4.69, 9.17) is 0 Å². The fourth-order valence-corrected chi connectivity index (χ4v) is 3.74. The average Bonchev–Trinajstić information content (AvgIpc) is 3.31. The zero-order chi connectivity index (χ0) is 21.7. The Morgan fingerprint density at radius 3 is 2.77 bits per heavy atom. The number of likely N-dealkylation sites (tertiary alicyclic amines) is 1. The van der Waals surface area contributed by atoms with Gasteiger partial charge in [0.15, 0.2) is 0 Å². The fraction of sp³-hybridized carbons (Fsp3) is 0.476. The molecule has 30 heavy (non-hydrogen) atoms. The smallest absolute Gasteiger partial charge is 0.387 e. The van der Waals surface area contributed by atoms with Crippen molar-refractivity contribution >= 4 is 11.8 Å². The average molecular weight is 420 g/mol. The number of hydrogen-bond donors (Lipinski definition) is 1. The summed E-state index contributed by atoms with van der Waals surface area (Å²) in [4.78, 5) is 27.0. The molecule has 1 aromatic carbocycles. The number of aromatic nitrogens is 2. The van der Waals surface area contributed by atoms with E-state index < -0.39 is 18.6 Å². The van der Waals surface area contributed by atoms with Gasteiger partial charge in [-0.2, -0.15) is 13.9 Å². The number of ether oxygens (including phenoxy) is 1. The van der Waals surface area contributed by atoms with E-state index in [0.717, 1.165) is 11.4 Å². The third-order valence-electron chi connectivity index (χ3n) is 5.10. The Kier molecular flexibility index (Phi) is 7.02. The van der Waals surface area contributed by atoms with Crippen molar-refractivity contribution in [3.8, 4) is 5.75 Å². The van der Waals surface area contributed by atoms with Gasteiger partial charge in [0.2, 0.25) is 5.91 Å². The highest BCUT2D eigenvalue weighted by molar-refractivity contribution is 6.00. The van der Waals surface area contributed by atoms with E-state index in [0.29, 0.717) is 38.9 Å². The van der Waals surface area contributed by atoms with Crippen LogP contribution in [0.15, 0.2) is 30.3 Å². The number of para-hydroxylation sites is 1. The van der Waals surface area contributed by atoms with Crippen LogP contribution >= 0.6 is 0 Å². The van der Waals surface area contributed by atoms with Crippen LogP contribution in [-0.2, 0) is 11.3 Å². The van der Waals surface area contributed by atoms with Crippen LogP contribution < -0.4 is 10.1 Å². The Bertz CT molecular complexity index is 900. The first-order valence-electron chi connectivity index (χ1n) is 10.0. The number of aryl methyl sites for hydroxylation is 3. The minimum atomic E-state index is -3.03. The monoisotopic (exact) mass is 420 g/mol. The number of nitrogens with one attached hydrogen (secondary N) is 1. The van der Waals surface area contributed by atoms with Gasteiger partial charge in [-0.15, -0.1) is 0 Å². The quantitative estimate of drug-likeness (QED) is 0.667. The maximum atomic E-state index is 12.9. The normalized spacial score (nSPS) is 16.2. The second kappa shape index (κ2) is 9.69. The number of amides is 2. The summed E-state index contributed by atoms with van der Waals surface area (Å²) >= 11 is 0. The highest BCUT2D eigenvalue weighted by Gasteiger charge is 2.35. The topological polar surface area (TPSA) is 76.5 Å². The molecule has 0 bridgehead atoms. The van der Waals surface area contributed by atoms with Gasteiger partial charge in [-0.05, 0) is 51.3 Å². The molecular formula is C21H26F2N4O3. The second-order valence-corrected chi connectivity index (χ2v) is 7.33. The summed E-state index contributed by atoms with van der Waals surface area (Å²) in [7, 11) is 0. The first kappa shape index (κ1) is 21.7. The van der Waals surface area contributed by atoms with E-state index in [-0.39, 0.29) is 17.2 Å².